The zero-order valence-corrected chi connectivity index (χ0v) is 12.2. The smallest absolute Gasteiger partial charge is 0.313 e. The van der Waals surface area contributed by atoms with Crippen molar-refractivity contribution < 1.29 is 14.6 Å². The number of aliphatic carboxylic acids is 1. The van der Waals surface area contributed by atoms with E-state index in [4.69, 9.17) is 9.84 Å². The first kappa shape index (κ1) is 14.4. The number of aromatic nitrogens is 2. The molecule has 0 amide bonds. The van der Waals surface area contributed by atoms with Crippen molar-refractivity contribution in [3.05, 3.63) is 11.9 Å². The minimum absolute atomic E-state index is 0.0418. The first-order chi connectivity index (χ1) is 9.10. The van der Waals surface area contributed by atoms with E-state index in [2.05, 4.69) is 16.5 Å². The highest BCUT2D eigenvalue weighted by molar-refractivity contribution is 7.99. The lowest BCUT2D eigenvalue weighted by Gasteiger charge is -2.41. The predicted molar refractivity (Wildman–Crippen MR) is 73.6 cm³/mol. The number of carboxylic acid groups (broad SMARTS) is 1. The van der Waals surface area contributed by atoms with Crippen LogP contribution in [0.1, 0.15) is 31.9 Å². The molecule has 106 valence electrons. The van der Waals surface area contributed by atoms with Gasteiger partial charge in [-0.3, -0.25) is 4.79 Å². The molecular formula is C13H20N2O3S. The fourth-order valence-electron chi connectivity index (χ4n) is 2.37. The summed E-state index contributed by atoms with van der Waals surface area (Å²) in [6, 6.07) is 0. The number of rotatable bonds is 7. The van der Waals surface area contributed by atoms with Crippen LogP contribution < -0.4 is 0 Å². The fourth-order valence-corrected chi connectivity index (χ4v) is 3.09. The molecular weight excluding hydrogens is 264 g/mol. The molecule has 0 atom stereocenters. The molecule has 1 aromatic rings. The van der Waals surface area contributed by atoms with Crippen LogP contribution in [0.5, 0.6) is 0 Å². The highest BCUT2D eigenvalue weighted by Crippen LogP contribution is 2.37. The van der Waals surface area contributed by atoms with Gasteiger partial charge in [-0.05, 0) is 25.7 Å². The van der Waals surface area contributed by atoms with Crippen LogP contribution in [0.25, 0.3) is 0 Å². The summed E-state index contributed by atoms with van der Waals surface area (Å²) in [6.45, 7) is 2.86. The molecule has 0 unspecified atom stereocenters. The van der Waals surface area contributed by atoms with Gasteiger partial charge in [0, 0.05) is 19.0 Å². The molecule has 1 saturated carbocycles. The van der Waals surface area contributed by atoms with Gasteiger partial charge < -0.3 is 14.4 Å². The average molecular weight is 284 g/mol. The molecule has 0 saturated heterocycles. The number of nitrogens with zero attached hydrogens (tertiary/aromatic N) is 2. The Morgan fingerprint density at radius 2 is 2.37 bits per heavy atom. The number of aryl methyl sites for hydroxylation is 1. The van der Waals surface area contributed by atoms with Gasteiger partial charge in [0.15, 0.2) is 5.16 Å². The normalized spacial score (nSPS) is 17.2. The summed E-state index contributed by atoms with van der Waals surface area (Å²) in [5.74, 6) is -0.775. The van der Waals surface area contributed by atoms with E-state index >= 15 is 0 Å². The average Bonchev–Trinajstić information content (AvgIpc) is 2.73. The Balaban J connectivity index is 2.16. The van der Waals surface area contributed by atoms with E-state index in [1.54, 1.807) is 7.11 Å². The van der Waals surface area contributed by atoms with E-state index in [9.17, 15) is 4.79 Å². The standard InChI is InChI=1S/C13H20N2O3S/c1-3-10-7-14-12(19-8-11(16)17)15(10)9-13(18-2)5-4-6-13/h7H,3-6,8-9H2,1-2H3,(H,16,17). The molecule has 1 N–H and O–H groups in total. The zero-order chi connectivity index (χ0) is 13.9. The van der Waals surface area contributed by atoms with Gasteiger partial charge in [-0.25, -0.2) is 4.98 Å². The van der Waals surface area contributed by atoms with Crippen LogP contribution in [0.15, 0.2) is 11.4 Å². The summed E-state index contributed by atoms with van der Waals surface area (Å²) in [7, 11) is 1.76. The molecule has 0 aliphatic heterocycles. The van der Waals surface area contributed by atoms with E-state index in [1.165, 1.54) is 18.2 Å². The van der Waals surface area contributed by atoms with Crippen molar-refractivity contribution >= 4 is 17.7 Å². The summed E-state index contributed by atoms with van der Waals surface area (Å²) in [4.78, 5) is 15.0. The number of hydrogen-bond acceptors (Lipinski definition) is 4. The second-order valence-electron chi connectivity index (χ2n) is 4.89. The molecule has 1 fully saturated rings. The third-order valence-electron chi connectivity index (χ3n) is 3.73. The number of methoxy groups -OCH3 is 1. The molecule has 0 radical (unpaired) electrons. The van der Waals surface area contributed by atoms with E-state index in [1.807, 2.05) is 6.20 Å². The molecule has 19 heavy (non-hydrogen) atoms. The molecule has 0 spiro atoms. The number of carboxylic acids is 1. The number of thioether (sulfide) groups is 1. The molecule has 0 aromatic carbocycles. The van der Waals surface area contributed by atoms with Crippen molar-refractivity contribution in [1.29, 1.82) is 0 Å². The number of carbonyl (C=O) groups is 1. The first-order valence-electron chi connectivity index (χ1n) is 6.54. The number of ether oxygens (including phenoxy) is 1. The van der Waals surface area contributed by atoms with Gasteiger partial charge in [0.25, 0.3) is 0 Å². The SMILES string of the molecule is CCc1cnc(SCC(=O)O)n1CC1(OC)CCC1. The molecule has 1 aromatic heterocycles. The summed E-state index contributed by atoms with van der Waals surface area (Å²) >= 11 is 1.27. The lowest BCUT2D eigenvalue weighted by Crippen LogP contribution is -2.43. The van der Waals surface area contributed by atoms with Gasteiger partial charge in [-0.15, -0.1) is 0 Å². The summed E-state index contributed by atoms with van der Waals surface area (Å²) in [5, 5.41) is 9.56. The number of hydrogen-bond donors (Lipinski definition) is 1. The van der Waals surface area contributed by atoms with Crippen molar-refractivity contribution in [2.45, 2.75) is 49.9 Å². The van der Waals surface area contributed by atoms with E-state index in [0.29, 0.717) is 0 Å². The van der Waals surface area contributed by atoms with Crippen LogP contribution in [0.4, 0.5) is 0 Å². The summed E-state index contributed by atoms with van der Waals surface area (Å²) < 4.78 is 7.77. The van der Waals surface area contributed by atoms with Gasteiger partial charge in [0.1, 0.15) is 0 Å². The van der Waals surface area contributed by atoms with Crippen molar-refractivity contribution in [1.82, 2.24) is 9.55 Å². The van der Waals surface area contributed by atoms with Gasteiger partial charge in [-0.2, -0.15) is 0 Å². The van der Waals surface area contributed by atoms with Gasteiger partial charge in [-0.1, -0.05) is 18.7 Å². The van der Waals surface area contributed by atoms with Crippen molar-refractivity contribution in [3.63, 3.8) is 0 Å². The minimum Gasteiger partial charge on any atom is -0.481 e. The highest BCUT2D eigenvalue weighted by Gasteiger charge is 2.38. The Morgan fingerprint density at radius 3 is 2.84 bits per heavy atom. The molecule has 1 heterocycles. The molecule has 1 aliphatic rings. The first-order valence-corrected chi connectivity index (χ1v) is 7.53. The van der Waals surface area contributed by atoms with Crippen LogP contribution in [-0.2, 0) is 22.5 Å². The van der Waals surface area contributed by atoms with E-state index < -0.39 is 5.97 Å². The fraction of sp³-hybridized carbons (Fsp3) is 0.692. The predicted octanol–water partition coefficient (Wildman–Crippen LogP) is 2.19. The quantitative estimate of drug-likeness (QED) is 0.778. The Morgan fingerprint density at radius 1 is 1.63 bits per heavy atom. The molecule has 6 heteroatoms. The maximum Gasteiger partial charge on any atom is 0.313 e. The second kappa shape index (κ2) is 5.96. The van der Waals surface area contributed by atoms with Gasteiger partial charge in [0.05, 0.1) is 17.9 Å². The molecule has 1 aliphatic carbocycles. The Labute approximate surface area is 117 Å². The van der Waals surface area contributed by atoms with E-state index in [0.717, 1.165) is 36.7 Å². The minimum atomic E-state index is -0.817. The Hall–Kier alpha value is -1.01. The third-order valence-corrected chi connectivity index (χ3v) is 4.71. The Bertz CT molecular complexity index is 449. The van der Waals surface area contributed by atoms with Crippen LogP contribution in [0, 0.1) is 0 Å². The van der Waals surface area contributed by atoms with Crippen molar-refractivity contribution in [2.75, 3.05) is 12.9 Å². The van der Waals surface area contributed by atoms with Crippen LogP contribution >= 0.6 is 11.8 Å². The highest BCUT2D eigenvalue weighted by atomic mass is 32.2. The van der Waals surface area contributed by atoms with Gasteiger partial charge >= 0.3 is 5.97 Å². The lowest BCUT2D eigenvalue weighted by atomic mass is 9.80. The van der Waals surface area contributed by atoms with Crippen molar-refractivity contribution in [2.24, 2.45) is 0 Å². The Kier molecular flexibility index (Phi) is 4.52. The molecule has 5 nitrogen and oxygen atoms in total. The van der Waals surface area contributed by atoms with Gasteiger partial charge in [0.2, 0.25) is 0 Å². The maximum atomic E-state index is 10.7. The van der Waals surface area contributed by atoms with Crippen LogP contribution in [0.2, 0.25) is 0 Å². The molecule has 0 bridgehead atoms. The summed E-state index contributed by atoms with van der Waals surface area (Å²) in [6.07, 6.45) is 6.05. The second-order valence-corrected chi connectivity index (χ2v) is 5.84. The number of imidazole rings is 1. The lowest BCUT2D eigenvalue weighted by molar-refractivity contribution is -0.133. The topological polar surface area (TPSA) is 64.3 Å². The molecule has 2 rings (SSSR count). The monoisotopic (exact) mass is 284 g/mol. The zero-order valence-electron chi connectivity index (χ0n) is 11.4. The van der Waals surface area contributed by atoms with Crippen molar-refractivity contribution in [3.8, 4) is 0 Å². The maximum absolute atomic E-state index is 10.7. The third kappa shape index (κ3) is 3.12. The van der Waals surface area contributed by atoms with Crippen LogP contribution in [0.3, 0.4) is 0 Å². The largest absolute Gasteiger partial charge is 0.481 e. The summed E-state index contributed by atoms with van der Waals surface area (Å²) in [5.41, 5.74) is 1.06. The van der Waals surface area contributed by atoms with E-state index in [-0.39, 0.29) is 11.4 Å². The van der Waals surface area contributed by atoms with Crippen LogP contribution in [-0.4, -0.2) is 39.1 Å².